The highest BCUT2D eigenvalue weighted by Crippen LogP contribution is 2.47. The summed E-state index contributed by atoms with van der Waals surface area (Å²) in [6, 6.07) is 60.7. The van der Waals surface area contributed by atoms with Crippen molar-refractivity contribution < 1.29 is 0 Å². The van der Waals surface area contributed by atoms with Crippen molar-refractivity contribution in [1.82, 2.24) is 0 Å². The molecule has 0 spiro atoms. The van der Waals surface area contributed by atoms with Crippen LogP contribution < -0.4 is 9.80 Å². The van der Waals surface area contributed by atoms with Crippen molar-refractivity contribution in [2.24, 2.45) is 0 Å². The predicted molar refractivity (Wildman–Crippen MR) is 186 cm³/mol. The molecule has 7 aromatic carbocycles. The lowest BCUT2D eigenvalue weighted by atomic mass is 10.1. The first-order valence-corrected chi connectivity index (χ1v) is 15.4. The van der Waals surface area contributed by atoms with Crippen molar-refractivity contribution in [2.45, 2.75) is 0 Å². The molecule has 0 bridgehead atoms. The fourth-order valence-corrected chi connectivity index (χ4v) is 7.40. The molecule has 0 saturated carbocycles. The van der Waals surface area contributed by atoms with Crippen LogP contribution in [-0.4, -0.2) is 0 Å². The van der Waals surface area contributed by atoms with E-state index in [1.807, 2.05) is 11.3 Å². The Hall–Kier alpha value is -5.38. The first-order chi connectivity index (χ1) is 21.3. The lowest BCUT2D eigenvalue weighted by Crippen LogP contribution is -2.13. The number of benzene rings is 7. The second-order valence-electron chi connectivity index (χ2n) is 10.6. The molecule has 0 saturated heterocycles. The maximum atomic E-state index is 2.40. The minimum absolute atomic E-state index is 1.10. The van der Waals surface area contributed by atoms with Crippen LogP contribution in [-0.2, 0) is 0 Å². The molecule has 1 aromatic heterocycles. The summed E-state index contributed by atoms with van der Waals surface area (Å²) in [5, 5.41) is 5.18. The Balaban J connectivity index is 1.35. The monoisotopic (exact) mass is 568 g/mol. The first-order valence-electron chi connectivity index (χ1n) is 14.5. The second-order valence-corrected chi connectivity index (χ2v) is 11.6. The van der Waals surface area contributed by atoms with Gasteiger partial charge >= 0.3 is 0 Å². The zero-order chi connectivity index (χ0) is 28.6. The van der Waals surface area contributed by atoms with Crippen LogP contribution in [0.2, 0.25) is 0 Å². The SMILES string of the molecule is c1ccc(N(c2ccccc2)c2cccc(N(c3ccccc3)c3cccc4c3sc3c5ccccc5ccc43)c2)cc1. The molecule has 1 heterocycles. The number of nitrogens with zero attached hydrogens (tertiary/aromatic N) is 2. The van der Waals surface area contributed by atoms with Crippen LogP contribution in [0.5, 0.6) is 0 Å². The molecule has 0 N–H and O–H groups in total. The van der Waals surface area contributed by atoms with Gasteiger partial charge in [0.2, 0.25) is 0 Å². The largest absolute Gasteiger partial charge is 0.310 e. The first kappa shape index (κ1) is 25.3. The van der Waals surface area contributed by atoms with Crippen LogP contribution in [0.4, 0.5) is 34.1 Å². The molecule has 0 aliphatic rings. The Kier molecular flexibility index (Phi) is 6.36. The average molecular weight is 569 g/mol. The standard InChI is InChI=1S/C40H28N2S/c1-4-15-30(16-5-1)41(31-17-6-2-7-18-31)33-21-12-22-34(28-33)42(32-19-8-3-9-20-32)38-25-13-24-36-37-27-26-29-14-10-11-23-35(29)39(37)43-40(36)38/h1-28H. The van der Waals surface area contributed by atoms with Crippen LogP contribution in [0.25, 0.3) is 30.9 Å². The molecule has 0 atom stereocenters. The van der Waals surface area contributed by atoms with Gasteiger partial charge in [-0.1, -0.05) is 109 Å². The minimum Gasteiger partial charge on any atom is -0.310 e. The van der Waals surface area contributed by atoms with E-state index < -0.39 is 0 Å². The van der Waals surface area contributed by atoms with Gasteiger partial charge in [-0.3, -0.25) is 0 Å². The number of thiophene rings is 1. The number of hydrogen-bond donors (Lipinski definition) is 0. The summed E-state index contributed by atoms with van der Waals surface area (Å²) < 4.78 is 2.62. The molecular formula is C40H28N2S. The Morgan fingerprint density at radius 2 is 0.814 bits per heavy atom. The fourth-order valence-electron chi connectivity index (χ4n) is 6.06. The summed E-state index contributed by atoms with van der Waals surface area (Å²) in [5.41, 5.74) is 6.75. The molecule has 0 radical (unpaired) electrons. The maximum absolute atomic E-state index is 2.40. The van der Waals surface area contributed by atoms with Gasteiger partial charge in [0.15, 0.2) is 0 Å². The third-order valence-electron chi connectivity index (χ3n) is 8.00. The van der Waals surface area contributed by atoms with E-state index in [9.17, 15) is 0 Å². The Labute approximate surface area is 255 Å². The number of rotatable bonds is 6. The van der Waals surface area contributed by atoms with Crippen molar-refractivity contribution in [3.63, 3.8) is 0 Å². The lowest BCUT2D eigenvalue weighted by molar-refractivity contribution is 1.26. The molecule has 0 fully saturated rings. The molecule has 0 aliphatic carbocycles. The zero-order valence-electron chi connectivity index (χ0n) is 23.5. The molecule has 2 nitrogen and oxygen atoms in total. The van der Waals surface area contributed by atoms with Gasteiger partial charge in [0.25, 0.3) is 0 Å². The van der Waals surface area contributed by atoms with Crippen LogP contribution in [0, 0.1) is 0 Å². The van der Waals surface area contributed by atoms with E-state index in [4.69, 9.17) is 0 Å². The molecular weight excluding hydrogens is 541 g/mol. The Morgan fingerprint density at radius 3 is 1.49 bits per heavy atom. The van der Waals surface area contributed by atoms with Gasteiger partial charge in [-0.05, 0) is 71.4 Å². The highest BCUT2D eigenvalue weighted by molar-refractivity contribution is 7.27. The van der Waals surface area contributed by atoms with Crippen molar-refractivity contribution in [1.29, 1.82) is 0 Å². The lowest BCUT2D eigenvalue weighted by Gasteiger charge is -2.29. The van der Waals surface area contributed by atoms with E-state index in [2.05, 4.69) is 180 Å². The molecule has 0 unspecified atom stereocenters. The van der Waals surface area contributed by atoms with E-state index in [1.54, 1.807) is 0 Å². The summed E-state index contributed by atoms with van der Waals surface area (Å²) >= 11 is 1.89. The summed E-state index contributed by atoms with van der Waals surface area (Å²) in [4.78, 5) is 4.72. The van der Waals surface area contributed by atoms with Gasteiger partial charge < -0.3 is 9.80 Å². The van der Waals surface area contributed by atoms with Crippen molar-refractivity contribution in [2.75, 3.05) is 9.80 Å². The molecule has 3 heteroatoms. The van der Waals surface area contributed by atoms with Crippen molar-refractivity contribution in [3.05, 3.63) is 170 Å². The summed E-state index contributed by atoms with van der Waals surface area (Å²) in [6.07, 6.45) is 0. The van der Waals surface area contributed by atoms with Gasteiger partial charge in [0.05, 0.1) is 10.4 Å². The number of fused-ring (bicyclic) bond motifs is 5. The van der Waals surface area contributed by atoms with Crippen LogP contribution >= 0.6 is 11.3 Å². The zero-order valence-corrected chi connectivity index (χ0v) is 24.3. The van der Waals surface area contributed by atoms with Gasteiger partial charge in [-0.15, -0.1) is 11.3 Å². The van der Waals surface area contributed by atoms with Crippen LogP contribution in [0.1, 0.15) is 0 Å². The highest BCUT2D eigenvalue weighted by Gasteiger charge is 2.20. The smallest absolute Gasteiger partial charge is 0.0640 e. The molecule has 0 amide bonds. The summed E-state index contributed by atoms with van der Waals surface area (Å²) in [5.74, 6) is 0. The molecule has 0 aliphatic heterocycles. The van der Waals surface area contributed by atoms with Crippen molar-refractivity contribution in [3.8, 4) is 0 Å². The van der Waals surface area contributed by atoms with Gasteiger partial charge in [-0.2, -0.15) is 0 Å². The Bertz CT molecular complexity index is 2150. The third-order valence-corrected chi connectivity index (χ3v) is 9.28. The highest BCUT2D eigenvalue weighted by atomic mass is 32.1. The van der Waals surface area contributed by atoms with E-state index in [0.717, 1.165) is 28.4 Å². The Morgan fingerprint density at radius 1 is 0.326 bits per heavy atom. The van der Waals surface area contributed by atoms with E-state index in [0.29, 0.717) is 0 Å². The van der Waals surface area contributed by atoms with Gasteiger partial charge in [-0.25, -0.2) is 0 Å². The third kappa shape index (κ3) is 4.51. The molecule has 8 rings (SSSR count). The van der Waals surface area contributed by atoms with Gasteiger partial charge in [0.1, 0.15) is 0 Å². The van der Waals surface area contributed by atoms with Crippen LogP contribution in [0.3, 0.4) is 0 Å². The number of para-hydroxylation sites is 3. The fraction of sp³-hybridized carbons (Fsp3) is 0. The summed E-state index contributed by atoms with van der Waals surface area (Å²) in [6.45, 7) is 0. The summed E-state index contributed by atoms with van der Waals surface area (Å²) in [7, 11) is 0. The van der Waals surface area contributed by atoms with Gasteiger partial charge in [0, 0.05) is 43.9 Å². The second kappa shape index (κ2) is 10.8. The average Bonchev–Trinajstić information content (AvgIpc) is 3.47. The topological polar surface area (TPSA) is 6.48 Å². The number of hydrogen-bond acceptors (Lipinski definition) is 3. The quantitative estimate of drug-likeness (QED) is 0.197. The molecule has 204 valence electrons. The van der Waals surface area contributed by atoms with E-state index >= 15 is 0 Å². The molecule has 8 aromatic rings. The maximum Gasteiger partial charge on any atom is 0.0640 e. The number of anilines is 6. The predicted octanol–water partition coefficient (Wildman–Crippen LogP) is 12.1. The van der Waals surface area contributed by atoms with Crippen molar-refractivity contribution >= 4 is 76.4 Å². The van der Waals surface area contributed by atoms with E-state index in [1.165, 1.54) is 36.6 Å². The minimum atomic E-state index is 1.10. The normalized spacial score (nSPS) is 11.3. The van der Waals surface area contributed by atoms with E-state index in [-0.39, 0.29) is 0 Å². The molecule has 43 heavy (non-hydrogen) atoms. The van der Waals surface area contributed by atoms with Crippen LogP contribution in [0.15, 0.2) is 170 Å².